The van der Waals surface area contributed by atoms with Crippen molar-refractivity contribution in [3.8, 4) is 5.69 Å². The predicted molar refractivity (Wildman–Crippen MR) is 68.0 cm³/mol. The van der Waals surface area contributed by atoms with Gasteiger partial charge >= 0.3 is 0 Å². The second kappa shape index (κ2) is 3.60. The van der Waals surface area contributed by atoms with E-state index in [1.807, 2.05) is 6.07 Å². The Hall–Kier alpha value is -1.81. The Balaban J connectivity index is 2.25. The third-order valence-electron chi connectivity index (χ3n) is 3.52. The first-order valence-electron chi connectivity index (χ1n) is 5.91. The van der Waals surface area contributed by atoms with Gasteiger partial charge in [0.15, 0.2) is 5.82 Å². The van der Waals surface area contributed by atoms with Crippen molar-refractivity contribution in [3.05, 3.63) is 42.4 Å². The van der Waals surface area contributed by atoms with E-state index in [9.17, 15) is 0 Å². The molecule has 1 unspecified atom stereocenters. The van der Waals surface area contributed by atoms with Crippen LogP contribution >= 0.6 is 0 Å². The fourth-order valence-corrected chi connectivity index (χ4v) is 2.26. The average molecular weight is 228 g/mol. The van der Waals surface area contributed by atoms with E-state index in [1.54, 1.807) is 6.20 Å². The van der Waals surface area contributed by atoms with Crippen molar-refractivity contribution in [1.82, 2.24) is 15.0 Å². The van der Waals surface area contributed by atoms with Gasteiger partial charge in [-0.3, -0.25) is 0 Å². The lowest BCUT2D eigenvalue weighted by atomic mass is 9.95. The second-order valence-electron chi connectivity index (χ2n) is 4.57. The molecular formula is C13H16N4. The Morgan fingerprint density at radius 2 is 2.24 bits per heavy atom. The Morgan fingerprint density at radius 3 is 3.06 bits per heavy atom. The second-order valence-corrected chi connectivity index (χ2v) is 4.57. The Labute approximate surface area is 101 Å². The van der Waals surface area contributed by atoms with Crippen molar-refractivity contribution in [1.29, 1.82) is 0 Å². The van der Waals surface area contributed by atoms with Crippen LogP contribution in [-0.2, 0) is 5.54 Å². The molecule has 1 atom stereocenters. The van der Waals surface area contributed by atoms with E-state index in [-0.39, 0.29) is 5.54 Å². The van der Waals surface area contributed by atoms with E-state index in [0.29, 0.717) is 0 Å². The molecule has 0 saturated carbocycles. The molecule has 1 aliphatic heterocycles. The minimum atomic E-state index is -0.0931. The van der Waals surface area contributed by atoms with Gasteiger partial charge in [-0.15, -0.1) is 0 Å². The molecule has 4 heteroatoms. The smallest absolute Gasteiger partial charge is 0.164 e. The summed E-state index contributed by atoms with van der Waals surface area (Å²) in [5.74, 6) is 0.863. The zero-order valence-electron chi connectivity index (χ0n) is 10.1. The lowest BCUT2D eigenvalue weighted by Crippen LogP contribution is -2.42. The monoisotopic (exact) mass is 228 g/mol. The number of hydrogen-bond donors (Lipinski definition) is 2. The molecule has 3 heterocycles. The van der Waals surface area contributed by atoms with Crippen LogP contribution in [0.1, 0.15) is 26.0 Å². The molecule has 2 aromatic rings. The molecule has 4 nitrogen and oxygen atoms in total. The Bertz CT molecular complexity index is 546. The minimum Gasteiger partial charge on any atom is -0.316 e. The molecule has 0 radical (unpaired) electrons. The SMILES string of the molecule is CCC1(C)NNc2ncccc2-n2cccc21. The number of nitrogens with one attached hydrogen (secondary N) is 2. The first-order valence-corrected chi connectivity index (χ1v) is 5.91. The van der Waals surface area contributed by atoms with E-state index >= 15 is 0 Å². The Kier molecular flexibility index (Phi) is 2.19. The number of nitrogens with zero attached hydrogens (tertiary/aromatic N) is 2. The number of hydrogen-bond acceptors (Lipinski definition) is 3. The zero-order chi connectivity index (χ0) is 11.9. The van der Waals surface area contributed by atoms with Crippen LogP contribution in [0.4, 0.5) is 5.82 Å². The molecule has 0 amide bonds. The van der Waals surface area contributed by atoms with Crippen molar-refractivity contribution in [2.45, 2.75) is 25.8 Å². The predicted octanol–water partition coefficient (Wildman–Crippen LogP) is 2.43. The van der Waals surface area contributed by atoms with Gasteiger partial charge in [0.05, 0.1) is 11.2 Å². The average Bonchev–Trinajstić information content (AvgIpc) is 2.82. The number of pyridine rings is 1. The Morgan fingerprint density at radius 1 is 1.35 bits per heavy atom. The summed E-state index contributed by atoms with van der Waals surface area (Å²) in [6.45, 7) is 4.37. The molecule has 0 aromatic carbocycles. The lowest BCUT2D eigenvalue weighted by molar-refractivity contribution is 0.372. The number of hydrazine groups is 1. The molecule has 3 rings (SSSR count). The molecule has 0 aliphatic carbocycles. The molecule has 17 heavy (non-hydrogen) atoms. The molecule has 2 N–H and O–H groups in total. The highest BCUT2D eigenvalue weighted by molar-refractivity contribution is 5.57. The van der Waals surface area contributed by atoms with Gasteiger partial charge in [0, 0.05) is 18.1 Å². The maximum Gasteiger partial charge on any atom is 0.164 e. The molecule has 1 aliphatic rings. The standard InChI is InChI=1S/C13H16N4/c1-3-13(2)11-7-5-9-17(11)10-6-4-8-14-12(10)15-16-13/h4-9,16H,3H2,1-2H3,(H,14,15). The number of aromatic nitrogens is 2. The van der Waals surface area contributed by atoms with E-state index < -0.39 is 0 Å². The van der Waals surface area contributed by atoms with Crippen LogP contribution in [0, 0.1) is 0 Å². The third kappa shape index (κ3) is 1.45. The molecule has 0 saturated heterocycles. The topological polar surface area (TPSA) is 41.9 Å². The molecule has 0 fully saturated rings. The molecule has 2 aromatic heterocycles. The van der Waals surface area contributed by atoms with Gasteiger partial charge in [0.25, 0.3) is 0 Å². The highest BCUT2D eigenvalue weighted by Gasteiger charge is 2.30. The van der Waals surface area contributed by atoms with Gasteiger partial charge in [-0.2, -0.15) is 0 Å². The summed E-state index contributed by atoms with van der Waals surface area (Å²) in [5, 5.41) is 0. The lowest BCUT2D eigenvalue weighted by Gasteiger charge is -2.28. The van der Waals surface area contributed by atoms with Crippen molar-refractivity contribution >= 4 is 5.82 Å². The first kappa shape index (κ1) is 10.4. The van der Waals surface area contributed by atoms with E-state index in [0.717, 1.165) is 17.9 Å². The van der Waals surface area contributed by atoms with E-state index in [2.05, 4.69) is 58.6 Å². The van der Waals surface area contributed by atoms with E-state index in [4.69, 9.17) is 0 Å². The summed E-state index contributed by atoms with van der Waals surface area (Å²) in [6.07, 6.45) is 4.88. The van der Waals surface area contributed by atoms with Gasteiger partial charge in [-0.25, -0.2) is 10.4 Å². The fraction of sp³-hybridized carbons (Fsp3) is 0.308. The maximum absolute atomic E-state index is 4.36. The third-order valence-corrected chi connectivity index (χ3v) is 3.52. The van der Waals surface area contributed by atoms with Crippen LogP contribution in [0.25, 0.3) is 5.69 Å². The summed E-state index contributed by atoms with van der Waals surface area (Å²) in [6, 6.07) is 8.26. The van der Waals surface area contributed by atoms with Gasteiger partial charge in [0.1, 0.15) is 0 Å². The summed E-state index contributed by atoms with van der Waals surface area (Å²) < 4.78 is 2.19. The normalized spacial score (nSPS) is 22.2. The minimum absolute atomic E-state index is 0.0931. The molecule has 0 spiro atoms. The van der Waals surface area contributed by atoms with Crippen LogP contribution < -0.4 is 10.9 Å². The largest absolute Gasteiger partial charge is 0.316 e. The molecule has 88 valence electrons. The van der Waals surface area contributed by atoms with Crippen LogP contribution in [0.3, 0.4) is 0 Å². The van der Waals surface area contributed by atoms with Crippen molar-refractivity contribution in [3.63, 3.8) is 0 Å². The van der Waals surface area contributed by atoms with Gasteiger partial charge in [-0.05, 0) is 37.6 Å². The van der Waals surface area contributed by atoms with Crippen LogP contribution in [0.2, 0.25) is 0 Å². The first-order chi connectivity index (χ1) is 8.24. The highest BCUT2D eigenvalue weighted by atomic mass is 15.4. The number of anilines is 1. The summed E-state index contributed by atoms with van der Waals surface area (Å²) in [4.78, 5) is 4.36. The molecular weight excluding hydrogens is 212 g/mol. The maximum atomic E-state index is 4.36. The summed E-state index contributed by atoms with van der Waals surface area (Å²) in [5.41, 5.74) is 8.83. The summed E-state index contributed by atoms with van der Waals surface area (Å²) >= 11 is 0. The van der Waals surface area contributed by atoms with Crippen molar-refractivity contribution in [2.24, 2.45) is 0 Å². The van der Waals surface area contributed by atoms with Crippen LogP contribution in [-0.4, -0.2) is 9.55 Å². The van der Waals surface area contributed by atoms with Gasteiger partial charge in [0.2, 0.25) is 0 Å². The zero-order valence-corrected chi connectivity index (χ0v) is 10.1. The van der Waals surface area contributed by atoms with Crippen LogP contribution in [0.15, 0.2) is 36.7 Å². The van der Waals surface area contributed by atoms with Crippen molar-refractivity contribution < 1.29 is 0 Å². The summed E-state index contributed by atoms with van der Waals surface area (Å²) in [7, 11) is 0. The number of rotatable bonds is 1. The van der Waals surface area contributed by atoms with Crippen LogP contribution in [0.5, 0.6) is 0 Å². The number of fused-ring (bicyclic) bond motifs is 3. The fourth-order valence-electron chi connectivity index (χ4n) is 2.26. The van der Waals surface area contributed by atoms with Gasteiger partial charge in [-0.1, -0.05) is 6.92 Å². The van der Waals surface area contributed by atoms with E-state index in [1.165, 1.54) is 5.69 Å². The molecule has 0 bridgehead atoms. The van der Waals surface area contributed by atoms with Gasteiger partial charge < -0.3 is 9.99 Å². The quantitative estimate of drug-likeness (QED) is 0.787. The van der Waals surface area contributed by atoms with Crippen molar-refractivity contribution in [2.75, 3.05) is 5.43 Å². The highest BCUT2D eigenvalue weighted by Crippen LogP contribution is 2.32.